The van der Waals surface area contributed by atoms with Crippen molar-refractivity contribution in [3.05, 3.63) is 23.3 Å². The Hall–Kier alpha value is -1.18. The van der Waals surface area contributed by atoms with Crippen LogP contribution in [0.4, 0.5) is 0 Å². The van der Waals surface area contributed by atoms with Crippen molar-refractivity contribution in [3.63, 3.8) is 0 Å². The molecule has 2 N–H and O–H groups in total. The highest BCUT2D eigenvalue weighted by Gasteiger charge is 2.28. The minimum absolute atomic E-state index is 0.0984. The summed E-state index contributed by atoms with van der Waals surface area (Å²) in [6, 6.07) is 3.16. The van der Waals surface area contributed by atoms with Crippen LogP contribution >= 0.6 is 0 Å². The molecule has 90 valence electrons. The fourth-order valence-electron chi connectivity index (χ4n) is 1.99. The third-order valence-corrected chi connectivity index (χ3v) is 2.66. The molecule has 0 aromatic heterocycles. The van der Waals surface area contributed by atoms with Gasteiger partial charge in [-0.3, -0.25) is 0 Å². The van der Waals surface area contributed by atoms with Crippen LogP contribution in [0, 0.1) is 0 Å². The predicted molar refractivity (Wildman–Crippen MR) is 67.2 cm³/mol. The van der Waals surface area contributed by atoms with Gasteiger partial charge in [-0.15, -0.1) is 0 Å². The molecule has 0 fully saturated rings. The molecule has 2 heteroatoms. The summed E-state index contributed by atoms with van der Waals surface area (Å²) >= 11 is 0. The first kappa shape index (κ1) is 12.9. The largest absolute Gasteiger partial charge is 0.508 e. The summed E-state index contributed by atoms with van der Waals surface area (Å²) in [6.45, 7) is 12.4. The average molecular weight is 222 g/mol. The van der Waals surface area contributed by atoms with E-state index < -0.39 is 0 Å². The van der Waals surface area contributed by atoms with Gasteiger partial charge in [-0.1, -0.05) is 41.5 Å². The van der Waals surface area contributed by atoms with Gasteiger partial charge in [-0.05, 0) is 22.5 Å². The SMILES string of the molecule is CC(C)(C)c1cc(O)cc(O)c1C(C)(C)C. The van der Waals surface area contributed by atoms with Gasteiger partial charge in [-0.2, -0.15) is 0 Å². The molecule has 0 saturated carbocycles. The Morgan fingerprint density at radius 2 is 1.31 bits per heavy atom. The van der Waals surface area contributed by atoms with Crippen LogP contribution in [0.1, 0.15) is 52.7 Å². The maximum Gasteiger partial charge on any atom is 0.123 e. The van der Waals surface area contributed by atoms with E-state index in [2.05, 4.69) is 41.5 Å². The number of hydrogen-bond donors (Lipinski definition) is 2. The molecule has 16 heavy (non-hydrogen) atoms. The van der Waals surface area contributed by atoms with E-state index in [0.717, 1.165) is 11.1 Å². The van der Waals surface area contributed by atoms with E-state index in [1.807, 2.05) is 0 Å². The highest BCUT2D eigenvalue weighted by molar-refractivity contribution is 5.51. The van der Waals surface area contributed by atoms with Gasteiger partial charge in [0.2, 0.25) is 0 Å². The second kappa shape index (κ2) is 3.69. The third kappa shape index (κ3) is 2.49. The lowest BCUT2D eigenvalue weighted by Crippen LogP contribution is -2.22. The lowest BCUT2D eigenvalue weighted by Gasteiger charge is -2.30. The number of phenolic OH excluding ortho intramolecular Hbond substituents is 2. The highest BCUT2D eigenvalue weighted by atomic mass is 16.3. The van der Waals surface area contributed by atoms with Crippen molar-refractivity contribution in [2.75, 3.05) is 0 Å². The molecule has 0 bridgehead atoms. The molecule has 0 unspecified atom stereocenters. The van der Waals surface area contributed by atoms with Gasteiger partial charge < -0.3 is 10.2 Å². The molecule has 2 nitrogen and oxygen atoms in total. The minimum Gasteiger partial charge on any atom is -0.508 e. The van der Waals surface area contributed by atoms with Crippen LogP contribution in [0.15, 0.2) is 12.1 Å². The van der Waals surface area contributed by atoms with Crippen LogP contribution in [-0.4, -0.2) is 10.2 Å². The lowest BCUT2D eigenvalue weighted by atomic mass is 9.74. The standard InChI is InChI=1S/C14H22O2/c1-13(2,3)10-7-9(15)8-11(16)12(10)14(4,5)6/h7-8,15-16H,1-6H3. The lowest BCUT2D eigenvalue weighted by molar-refractivity contribution is 0.420. The monoisotopic (exact) mass is 222 g/mol. The van der Waals surface area contributed by atoms with Gasteiger partial charge in [0, 0.05) is 11.6 Å². The highest BCUT2D eigenvalue weighted by Crippen LogP contribution is 2.41. The van der Waals surface area contributed by atoms with E-state index in [-0.39, 0.29) is 22.3 Å². The van der Waals surface area contributed by atoms with E-state index in [4.69, 9.17) is 0 Å². The topological polar surface area (TPSA) is 40.5 Å². The summed E-state index contributed by atoms with van der Waals surface area (Å²) in [7, 11) is 0. The van der Waals surface area contributed by atoms with Crippen molar-refractivity contribution >= 4 is 0 Å². The molecule has 0 aliphatic rings. The van der Waals surface area contributed by atoms with Gasteiger partial charge >= 0.3 is 0 Å². The smallest absolute Gasteiger partial charge is 0.123 e. The Balaban J connectivity index is 3.58. The fraction of sp³-hybridized carbons (Fsp3) is 0.571. The molecule has 0 aliphatic carbocycles. The molecule has 0 spiro atoms. The first-order chi connectivity index (χ1) is 7.03. The van der Waals surface area contributed by atoms with Gasteiger partial charge in [-0.25, -0.2) is 0 Å². The number of phenols is 2. The molecule has 0 heterocycles. The zero-order valence-electron chi connectivity index (χ0n) is 11.0. The summed E-state index contributed by atoms with van der Waals surface area (Å²) in [5.74, 6) is 0.299. The quantitative estimate of drug-likeness (QED) is 0.702. The van der Waals surface area contributed by atoms with Crippen molar-refractivity contribution in [2.45, 2.75) is 52.4 Å². The summed E-state index contributed by atoms with van der Waals surface area (Å²) in [4.78, 5) is 0. The van der Waals surface area contributed by atoms with Crippen LogP contribution in [0.5, 0.6) is 11.5 Å². The number of hydrogen-bond acceptors (Lipinski definition) is 2. The van der Waals surface area contributed by atoms with E-state index in [0.29, 0.717) is 0 Å². The van der Waals surface area contributed by atoms with E-state index in [1.165, 1.54) is 6.07 Å². The van der Waals surface area contributed by atoms with Crippen LogP contribution in [0.25, 0.3) is 0 Å². The van der Waals surface area contributed by atoms with Crippen LogP contribution in [-0.2, 0) is 10.8 Å². The second-order valence-electron chi connectivity index (χ2n) is 6.39. The second-order valence-corrected chi connectivity index (χ2v) is 6.39. The number of benzene rings is 1. The average Bonchev–Trinajstić information content (AvgIpc) is 1.97. The fourth-order valence-corrected chi connectivity index (χ4v) is 1.99. The molecule has 0 saturated heterocycles. The molecule has 0 amide bonds. The molecule has 0 aliphatic heterocycles. The molecule has 1 rings (SSSR count). The van der Waals surface area contributed by atoms with Gasteiger partial charge in [0.15, 0.2) is 0 Å². The van der Waals surface area contributed by atoms with E-state index in [1.54, 1.807) is 6.07 Å². The third-order valence-electron chi connectivity index (χ3n) is 2.66. The molecular weight excluding hydrogens is 200 g/mol. The van der Waals surface area contributed by atoms with Crippen molar-refractivity contribution in [2.24, 2.45) is 0 Å². The normalized spacial score (nSPS) is 12.9. The zero-order chi connectivity index (χ0) is 12.7. The van der Waals surface area contributed by atoms with Gasteiger partial charge in [0.25, 0.3) is 0 Å². The zero-order valence-corrected chi connectivity index (χ0v) is 11.0. The summed E-state index contributed by atoms with van der Waals surface area (Å²) in [5.41, 5.74) is 1.68. The van der Waals surface area contributed by atoms with Crippen molar-refractivity contribution in [1.82, 2.24) is 0 Å². The van der Waals surface area contributed by atoms with Crippen molar-refractivity contribution in [3.8, 4) is 11.5 Å². The molecule has 0 atom stereocenters. The maximum atomic E-state index is 10.0. The summed E-state index contributed by atoms with van der Waals surface area (Å²) < 4.78 is 0. The Morgan fingerprint density at radius 1 is 0.812 bits per heavy atom. The molecule has 1 aromatic rings. The summed E-state index contributed by atoms with van der Waals surface area (Å²) in [6.07, 6.45) is 0. The van der Waals surface area contributed by atoms with Crippen LogP contribution < -0.4 is 0 Å². The van der Waals surface area contributed by atoms with Crippen LogP contribution in [0.2, 0.25) is 0 Å². The Kier molecular flexibility index (Phi) is 2.97. The molecule has 0 radical (unpaired) electrons. The maximum absolute atomic E-state index is 10.0. The van der Waals surface area contributed by atoms with Gasteiger partial charge in [0.05, 0.1) is 0 Å². The van der Waals surface area contributed by atoms with Crippen molar-refractivity contribution in [1.29, 1.82) is 0 Å². The molecular formula is C14H22O2. The first-order valence-electron chi connectivity index (χ1n) is 5.60. The first-order valence-corrected chi connectivity index (χ1v) is 5.60. The predicted octanol–water partition coefficient (Wildman–Crippen LogP) is 3.69. The van der Waals surface area contributed by atoms with Crippen LogP contribution in [0.3, 0.4) is 0 Å². The van der Waals surface area contributed by atoms with E-state index in [9.17, 15) is 10.2 Å². The number of rotatable bonds is 0. The Labute approximate surface area is 97.9 Å². The Morgan fingerprint density at radius 3 is 1.69 bits per heavy atom. The van der Waals surface area contributed by atoms with Crippen molar-refractivity contribution < 1.29 is 10.2 Å². The number of aromatic hydroxyl groups is 2. The van der Waals surface area contributed by atoms with Gasteiger partial charge in [0.1, 0.15) is 11.5 Å². The Bertz CT molecular complexity index is 392. The molecule has 1 aromatic carbocycles. The summed E-state index contributed by atoms with van der Waals surface area (Å²) in [5, 5.41) is 19.6. The van der Waals surface area contributed by atoms with E-state index >= 15 is 0 Å². The minimum atomic E-state index is -0.138.